The molecule has 0 aromatic heterocycles. The number of amides is 1. The van der Waals surface area contributed by atoms with Crippen molar-refractivity contribution < 1.29 is 17.9 Å². The van der Waals surface area contributed by atoms with Gasteiger partial charge in [0.1, 0.15) is 5.75 Å². The summed E-state index contributed by atoms with van der Waals surface area (Å²) in [5.74, 6) is 0.484. The second-order valence-corrected chi connectivity index (χ2v) is 9.51. The molecule has 0 bridgehead atoms. The third kappa shape index (κ3) is 5.75. The molecule has 1 aliphatic rings. The smallest absolute Gasteiger partial charge is 0.261 e. The van der Waals surface area contributed by atoms with E-state index in [0.29, 0.717) is 22.6 Å². The van der Waals surface area contributed by atoms with E-state index in [1.807, 2.05) is 0 Å². The molecular formula is C23H30N2O4S. The molecule has 162 valence electrons. The summed E-state index contributed by atoms with van der Waals surface area (Å²) < 4.78 is 33.0. The zero-order chi connectivity index (χ0) is 21.6. The summed E-state index contributed by atoms with van der Waals surface area (Å²) in [5, 5.41) is 3.15. The van der Waals surface area contributed by atoms with Crippen molar-refractivity contribution in [3.8, 4) is 5.75 Å². The Morgan fingerprint density at radius 2 is 1.60 bits per heavy atom. The van der Waals surface area contributed by atoms with E-state index in [2.05, 4.69) is 10.0 Å². The van der Waals surface area contributed by atoms with Gasteiger partial charge in [0.05, 0.1) is 17.7 Å². The van der Waals surface area contributed by atoms with Crippen molar-refractivity contribution in [2.75, 3.05) is 11.8 Å². The number of hydrogen-bond donors (Lipinski definition) is 2. The Bertz CT molecular complexity index is 963. The topological polar surface area (TPSA) is 84.5 Å². The largest absolute Gasteiger partial charge is 0.497 e. The van der Waals surface area contributed by atoms with Gasteiger partial charge in [0, 0.05) is 11.6 Å². The molecule has 0 aliphatic heterocycles. The Morgan fingerprint density at radius 1 is 0.967 bits per heavy atom. The number of anilines is 1. The molecular weight excluding hydrogens is 400 g/mol. The van der Waals surface area contributed by atoms with Crippen LogP contribution in [-0.4, -0.2) is 27.5 Å². The average molecular weight is 431 g/mol. The van der Waals surface area contributed by atoms with Crippen LogP contribution in [0, 0.1) is 6.92 Å². The van der Waals surface area contributed by atoms with Crippen LogP contribution < -0.4 is 14.8 Å². The van der Waals surface area contributed by atoms with Crippen molar-refractivity contribution in [1.82, 2.24) is 5.32 Å². The van der Waals surface area contributed by atoms with Crippen LogP contribution in [-0.2, 0) is 10.0 Å². The van der Waals surface area contributed by atoms with Crippen LogP contribution >= 0.6 is 0 Å². The predicted octanol–water partition coefficient (Wildman–Crippen LogP) is 4.65. The van der Waals surface area contributed by atoms with Crippen LogP contribution in [0.3, 0.4) is 0 Å². The first-order chi connectivity index (χ1) is 14.4. The number of carbonyl (C=O) groups is 1. The molecule has 0 spiro atoms. The van der Waals surface area contributed by atoms with Crippen LogP contribution in [0.5, 0.6) is 5.75 Å². The van der Waals surface area contributed by atoms with E-state index >= 15 is 0 Å². The number of carbonyl (C=O) groups excluding carboxylic acids is 1. The van der Waals surface area contributed by atoms with E-state index in [9.17, 15) is 13.2 Å². The first kappa shape index (κ1) is 22.2. The van der Waals surface area contributed by atoms with Gasteiger partial charge in [0.15, 0.2) is 0 Å². The van der Waals surface area contributed by atoms with Crippen LogP contribution in [0.15, 0.2) is 47.4 Å². The summed E-state index contributed by atoms with van der Waals surface area (Å²) >= 11 is 0. The highest BCUT2D eigenvalue weighted by atomic mass is 32.2. The summed E-state index contributed by atoms with van der Waals surface area (Å²) in [4.78, 5) is 12.8. The highest BCUT2D eigenvalue weighted by molar-refractivity contribution is 7.92. The number of hydrogen-bond acceptors (Lipinski definition) is 4. The lowest BCUT2D eigenvalue weighted by atomic mass is 9.96. The van der Waals surface area contributed by atoms with E-state index in [4.69, 9.17) is 4.74 Å². The van der Waals surface area contributed by atoms with Crippen molar-refractivity contribution >= 4 is 21.6 Å². The normalized spacial score (nSPS) is 15.7. The van der Waals surface area contributed by atoms with Gasteiger partial charge in [-0.05, 0) is 67.8 Å². The van der Waals surface area contributed by atoms with Crippen LogP contribution in [0.4, 0.5) is 5.69 Å². The third-order valence-electron chi connectivity index (χ3n) is 5.54. The summed E-state index contributed by atoms with van der Waals surface area (Å²) in [5.41, 5.74) is 1.69. The number of benzene rings is 2. The third-order valence-corrected chi connectivity index (χ3v) is 6.92. The molecule has 2 aromatic rings. The second kappa shape index (κ2) is 9.98. The Kier molecular flexibility index (Phi) is 7.37. The molecule has 7 heteroatoms. The quantitative estimate of drug-likeness (QED) is 0.699. The van der Waals surface area contributed by atoms with E-state index in [-0.39, 0.29) is 16.8 Å². The number of rotatable bonds is 6. The summed E-state index contributed by atoms with van der Waals surface area (Å²) in [6.07, 6.45) is 8.08. The predicted molar refractivity (Wildman–Crippen MR) is 119 cm³/mol. The lowest BCUT2D eigenvalue weighted by molar-refractivity contribution is 0.0930. The Labute approximate surface area is 179 Å². The highest BCUT2D eigenvalue weighted by Crippen LogP contribution is 2.23. The van der Waals surface area contributed by atoms with Gasteiger partial charge < -0.3 is 10.1 Å². The number of ether oxygens (including phenoxy) is 1. The van der Waals surface area contributed by atoms with Crippen LogP contribution in [0.1, 0.15) is 60.9 Å². The molecule has 2 aromatic carbocycles. The van der Waals surface area contributed by atoms with Crippen molar-refractivity contribution in [3.05, 3.63) is 53.6 Å². The molecule has 1 fully saturated rings. The molecule has 0 radical (unpaired) electrons. The number of nitrogens with one attached hydrogen (secondary N) is 2. The maximum Gasteiger partial charge on any atom is 0.261 e. The molecule has 1 aliphatic carbocycles. The molecule has 1 saturated carbocycles. The zero-order valence-corrected chi connectivity index (χ0v) is 18.4. The minimum atomic E-state index is -3.73. The lowest BCUT2D eigenvalue weighted by Crippen LogP contribution is -2.35. The first-order valence-electron chi connectivity index (χ1n) is 10.5. The Morgan fingerprint density at radius 3 is 2.20 bits per heavy atom. The molecule has 0 saturated heterocycles. The van der Waals surface area contributed by atoms with Gasteiger partial charge in [0.2, 0.25) is 0 Å². The van der Waals surface area contributed by atoms with Crippen molar-refractivity contribution in [2.24, 2.45) is 0 Å². The zero-order valence-electron chi connectivity index (χ0n) is 17.6. The number of aryl methyl sites for hydroxylation is 1. The van der Waals surface area contributed by atoms with E-state index < -0.39 is 10.0 Å². The van der Waals surface area contributed by atoms with E-state index in [1.54, 1.807) is 37.3 Å². The fourth-order valence-corrected chi connectivity index (χ4v) is 4.88. The molecule has 0 unspecified atom stereocenters. The molecule has 0 atom stereocenters. The summed E-state index contributed by atoms with van der Waals surface area (Å²) in [7, 11) is -2.20. The Balaban J connectivity index is 1.68. The van der Waals surface area contributed by atoms with Gasteiger partial charge >= 0.3 is 0 Å². The van der Waals surface area contributed by atoms with Gasteiger partial charge in [-0.2, -0.15) is 0 Å². The monoisotopic (exact) mass is 430 g/mol. The summed E-state index contributed by atoms with van der Waals surface area (Å²) in [6.45, 7) is 1.79. The SMILES string of the molecule is COc1ccc(S(=O)(=O)Nc2ccc(C(=O)NC3CCCCCCC3)cc2C)cc1. The molecule has 1 amide bonds. The van der Waals surface area contributed by atoms with Crippen molar-refractivity contribution in [1.29, 1.82) is 0 Å². The van der Waals surface area contributed by atoms with Gasteiger partial charge in [-0.25, -0.2) is 8.42 Å². The Hall–Kier alpha value is -2.54. The molecule has 30 heavy (non-hydrogen) atoms. The fraction of sp³-hybridized carbons (Fsp3) is 0.435. The fourth-order valence-electron chi connectivity index (χ4n) is 3.75. The molecule has 2 N–H and O–H groups in total. The summed E-state index contributed by atoms with van der Waals surface area (Å²) in [6, 6.07) is 11.4. The molecule has 0 heterocycles. The van der Waals surface area contributed by atoms with Gasteiger partial charge in [-0.3, -0.25) is 9.52 Å². The van der Waals surface area contributed by atoms with Gasteiger partial charge in [-0.1, -0.05) is 32.1 Å². The first-order valence-corrected chi connectivity index (χ1v) is 12.0. The number of sulfonamides is 1. The van der Waals surface area contributed by atoms with Crippen LogP contribution in [0.25, 0.3) is 0 Å². The van der Waals surface area contributed by atoms with Crippen molar-refractivity contribution in [3.63, 3.8) is 0 Å². The minimum Gasteiger partial charge on any atom is -0.497 e. The van der Waals surface area contributed by atoms with Crippen molar-refractivity contribution in [2.45, 2.75) is 62.8 Å². The molecule has 3 rings (SSSR count). The van der Waals surface area contributed by atoms with E-state index in [0.717, 1.165) is 25.7 Å². The average Bonchev–Trinajstić information content (AvgIpc) is 2.71. The standard InChI is InChI=1S/C23H30N2O4S/c1-17-16-18(23(26)24-19-8-6-4-3-5-7-9-19)10-15-22(17)25-30(27,28)21-13-11-20(29-2)12-14-21/h10-16,19,25H,3-9H2,1-2H3,(H,24,26). The minimum absolute atomic E-state index is 0.103. The lowest BCUT2D eigenvalue weighted by Gasteiger charge is -2.21. The van der Waals surface area contributed by atoms with Gasteiger partial charge in [0.25, 0.3) is 15.9 Å². The highest BCUT2D eigenvalue weighted by Gasteiger charge is 2.18. The van der Waals surface area contributed by atoms with Gasteiger partial charge in [-0.15, -0.1) is 0 Å². The van der Waals surface area contributed by atoms with Crippen LogP contribution in [0.2, 0.25) is 0 Å². The molecule has 6 nitrogen and oxygen atoms in total. The van der Waals surface area contributed by atoms with E-state index in [1.165, 1.54) is 38.5 Å². The maximum absolute atomic E-state index is 12.7. The number of methoxy groups -OCH3 is 1. The maximum atomic E-state index is 12.7. The second-order valence-electron chi connectivity index (χ2n) is 7.83.